The highest BCUT2D eigenvalue weighted by molar-refractivity contribution is 7.79. The number of aliphatic hydroxyl groups excluding tert-OH is 3. The molecular formula is C7H14O6S. The SMILES string of the molecule is O=S(O)CC[C@H]1OC[C@@H](O)[C@@H](O)[C@@H]1O. The molecule has 0 bridgehead atoms. The van der Waals surface area contributed by atoms with E-state index in [0.29, 0.717) is 0 Å². The molecule has 1 aliphatic heterocycles. The summed E-state index contributed by atoms with van der Waals surface area (Å²) in [5, 5.41) is 27.8. The maximum atomic E-state index is 10.4. The summed E-state index contributed by atoms with van der Waals surface area (Å²) in [7, 11) is 0. The Morgan fingerprint density at radius 1 is 1.29 bits per heavy atom. The minimum absolute atomic E-state index is 0.0233. The molecule has 1 unspecified atom stereocenters. The molecule has 1 heterocycles. The highest BCUT2D eigenvalue weighted by Gasteiger charge is 2.37. The Balaban J connectivity index is 2.42. The number of hydrogen-bond acceptors (Lipinski definition) is 5. The first-order valence-corrected chi connectivity index (χ1v) is 5.53. The van der Waals surface area contributed by atoms with Gasteiger partial charge in [-0.3, -0.25) is 0 Å². The Kier molecular flexibility index (Phi) is 4.42. The maximum Gasteiger partial charge on any atom is 0.152 e. The number of ether oxygens (including phenoxy) is 1. The number of rotatable bonds is 3. The third-order valence-electron chi connectivity index (χ3n) is 2.18. The summed E-state index contributed by atoms with van der Waals surface area (Å²) in [6.45, 7) is -0.0685. The molecule has 1 rings (SSSR count). The summed E-state index contributed by atoms with van der Waals surface area (Å²) in [5.41, 5.74) is 0. The molecule has 1 fully saturated rings. The molecule has 0 aromatic heterocycles. The van der Waals surface area contributed by atoms with Gasteiger partial charge in [0.15, 0.2) is 11.1 Å². The molecule has 0 saturated carbocycles. The van der Waals surface area contributed by atoms with Gasteiger partial charge in [0.25, 0.3) is 0 Å². The maximum absolute atomic E-state index is 10.4. The monoisotopic (exact) mass is 226 g/mol. The lowest BCUT2D eigenvalue weighted by Gasteiger charge is -2.35. The van der Waals surface area contributed by atoms with E-state index in [1.165, 1.54) is 0 Å². The van der Waals surface area contributed by atoms with E-state index in [4.69, 9.17) is 14.4 Å². The minimum Gasteiger partial charge on any atom is -0.388 e. The lowest BCUT2D eigenvalue weighted by atomic mass is 9.99. The van der Waals surface area contributed by atoms with Crippen molar-refractivity contribution in [2.45, 2.75) is 30.8 Å². The van der Waals surface area contributed by atoms with E-state index < -0.39 is 35.5 Å². The minimum atomic E-state index is -1.94. The van der Waals surface area contributed by atoms with E-state index in [9.17, 15) is 14.4 Å². The van der Waals surface area contributed by atoms with Crippen LogP contribution in [0.1, 0.15) is 6.42 Å². The number of hydrogen-bond donors (Lipinski definition) is 4. The average molecular weight is 226 g/mol. The van der Waals surface area contributed by atoms with Crippen molar-refractivity contribution in [1.82, 2.24) is 0 Å². The van der Waals surface area contributed by atoms with Crippen LogP contribution >= 0.6 is 0 Å². The molecule has 6 nitrogen and oxygen atoms in total. The zero-order valence-corrected chi connectivity index (χ0v) is 8.26. The van der Waals surface area contributed by atoms with Crippen molar-refractivity contribution in [2.75, 3.05) is 12.4 Å². The Bertz CT molecular complexity index is 210. The second-order valence-corrected chi connectivity index (χ2v) is 4.29. The summed E-state index contributed by atoms with van der Waals surface area (Å²) in [6, 6.07) is 0. The molecule has 0 aromatic rings. The normalized spacial score (nSPS) is 40.9. The molecule has 0 aromatic carbocycles. The molecular weight excluding hydrogens is 212 g/mol. The fourth-order valence-electron chi connectivity index (χ4n) is 1.34. The van der Waals surface area contributed by atoms with Crippen LogP contribution in [0.4, 0.5) is 0 Å². The molecule has 0 amide bonds. The van der Waals surface area contributed by atoms with Crippen molar-refractivity contribution < 1.29 is 28.8 Å². The first-order chi connectivity index (χ1) is 6.52. The quantitative estimate of drug-likeness (QED) is 0.418. The lowest BCUT2D eigenvalue weighted by molar-refractivity contribution is -0.186. The smallest absolute Gasteiger partial charge is 0.152 e. The number of aliphatic hydroxyl groups is 3. The zero-order chi connectivity index (χ0) is 10.7. The fourth-order valence-corrected chi connectivity index (χ4v) is 1.77. The van der Waals surface area contributed by atoms with Crippen molar-refractivity contribution in [3.05, 3.63) is 0 Å². The van der Waals surface area contributed by atoms with Crippen LogP contribution in [-0.2, 0) is 15.8 Å². The van der Waals surface area contributed by atoms with E-state index in [0.717, 1.165) is 0 Å². The van der Waals surface area contributed by atoms with Crippen molar-refractivity contribution in [2.24, 2.45) is 0 Å². The summed E-state index contributed by atoms with van der Waals surface area (Å²) in [5.74, 6) is -0.0233. The predicted molar refractivity (Wildman–Crippen MR) is 48.0 cm³/mol. The zero-order valence-electron chi connectivity index (χ0n) is 7.44. The molecule has 1 saturated heterocycles. The van der Waals surface area contributed by atoms with Gasteiger partial charge in [0.1, 0.15) is 18.3 Å². The van der Waals surface area contributed by atoms with Crippen LogP contribution in [0.25, 0.3) is 0 Å². The highest BCUT2D eigenvalue weighted by atomic mass is 32.2. The van der Waals surface area contributed by atoms with E-state index in [1.54, 1.807) is 0 Å². The Hall–Kier alpha value is -0.0500. The molecule has 7 heteroatoms. The summed E-state index contributed by atoms with van der Waals surface area (Å²) >= 11 is -1.94. The third kappa shape index (κ3) is 2.97. The van der Waals surface area contributed by atoms with Gasteiger partial charge >= 0.3 is 0 Å². The summed E-state index contributed by atoms with van der Waals surface area (Å²) in [6.07, 6.45) is -4.07. The van der Waals surface area contributed by atoms with E-state index in [2.05, 4.69) is 0 Å². The highest BCUT2D eigenvalue weighted by Crippen LogP contribution is 2.18. The van der Waals surface area contributed by atoms with Gasteiger partial charge in [0, 0.05) is 0 Å². The van der Waals surface area contributed by atoms with Crippen LogP contribution in [0.15, 0.2) is 0 Å². The molecule has 1 aliphatic rings. The topological polar surface area (TPSA) is 107 Å². The standard InChI is InChI=1S/C7H14O6S/c8-4-3-13-5(1-2-14(11)12)7(10)6(4)9/h4-10H,1-3H2,(H,11,12)/t4-,5-,6-,7-/m1/s1. The van der Waals surface area contributed by atoms with Crippen molar-refractivity contribution in [1.29, 1.82) is 0 Å². The van der Waals surface area contributed by atoms with Crippen LogP contribution in [0.5, 0.6) is 0 Å². The van der Waals surface area contributed by atoms with Crippen molar-refractivity contribution >= 4 is 11.1 Å². The van der Waals surface area contributed by atoms with Crippen LogP contribution in [-0.4, -0.2) is 60.9 Å². The van der Waals surface area contributed by atoms with Crippen molar-refractivity contribution in [3.63, 3.8) is 0 Å². The van der Waals surface area contributed by atoms with Gasteiger partial charge in [0.05, 0.1) is 18.5 Å². The second kappa shape index (κ2) is 5.15. The third-order valence-corrected chi connectivity index (χ3v) is 2.77. The molecule has 0 aliphatic carbocycles. The second-order valence-electron chi connectivity index (χ2n) is 3.23. The Morgan fingerprint density at radius 2 is 1.93 bits per heavy atom. The molecule has 5 atom stereocenters. The van der Waals surface area contributed by atoms with E-state index >= 15 is 0 Å². The summed E-state index contributed by atoms with van der Waals surface area (Å²) in [4.78, 5) is 0. The van der Waals surface area contributed by atoms with Gasteiger partial charge in [-0.15, -0.1) is 0 Å². The van der Waals surface area contributed by atoms with E-state index in [-0.39, 0.29) is 18.8 Å². The van der Waals surface area contributed by atoms with E-state index in [1.807, 2.05) is 0 Å². The molecule has 4 N–H and O–H groups in total. The van der Waals surface area contributed by atoms with Crippen LogP contribution in [0, 0.1) is 0 Å². The van der Waals surface area contributed by atoms with Gasteiger partial charge in [-0.2, -0.15) is 0 Å². The van der Waals surface area contributed by atoms with Gasteiger partial charge in [-0.25, -0.2) is 4.21 Å². The van der Waals surface area contributed by atoms with Gasteiger partial charge in [-0.1, -0.05) is 0 Å². The average Bonchev–Trinajstić information content (AvgIpc) is 2.13. The van der Waals surface area contributed by atoms with Gasteiger partial charge in [-0.05, 0) is 6.42 Å². The van der Waals surface area contributed by atoms with Gasteiger partial charge < -0.3 is 24.6 Å². The van der Waals surface area contributed by atoms with Crippen LogP contribution in [0.3, 0.4) is 0 Å². The largest absolute Gasteiger partial charge is 0.388 e. The Morgan fingerprint density at radius 3 is 2.50 bits per heavy atom. The lowest BCUT2D eigenvalue weighted by Crippen LogP contribution is -2.53. The molecule has 0 radical (unpaired) electrons. The first-order valence-electron chi connectivity index (χ1n) is 4.25. The molecule has 0 spiro atoms. The van der Waals surface area contributed by atoms with Crippen molar-refractivity contribution in [3.8, 4) is 0 Å². The fraction of sp³-hybridized carbons (Fsp3) is 1.00. The predicted octanol–water partition coefficient (Wildman–Crippen LogP) is -1.92. The first kappa shape index (κ1) is 12.0. The van der Waals surface area contributed by atoms with Crippen LogP contribution in [0.2, 0.25) is 0 Å². The summed E-state index contributed by atoms with van der Waals surface area (Å²) < 4.78 is 23.9. The van der Waals surface area contributed by atoms with Gasteiger partial charge in [0.2, 0.25) is 0 Å². The molecule has 84 valence electrons. The molecule has 14 heavy (non-hydrogen) atoms. The Labute approximate surface area is 83.8 Å². The van der Waals surface area contributed by atoms with Crippen LogP contribution < -0.4 is 0 Å².